The van der Waals surface area contributed by atoms with Gasteiger partial charge in [-0.1, -0.05) is 20.4 Å². The van der Waals surface area contributed by atoms with Gasteiger partial charge in [-0.2, -0.15) is 0 Å². The monoisotopic (exact) mass is 226 g/mol. The van der Waals surface area contributed by atoms with Crippen molar-refractivity contribution in [3.63, 3.8) is 0 Å². The highest BCUT2D eigenvalue weighted by Crippen LogP contribution is 2.33. The van der Waals surface area contributed by atoms with E-state index in [1.165, 1.54) is 0 Å². The second-order valence-electron chi connectivity index (χ2n) is 4.44. The summed E-state index contributed by atoms with van der Waals surface area (Å²) < 4.78 is 11.3. The molecular formula is C13H22O3. The maximum absolute atomic E-state index is 11.7. The van der Waals surface area contributed by atoms with Crippen molar-refractivity contribution in [3.8, 4) is 0 Å². The van der Waals surface area contributed by atoms with E-state index >= 15 is 0 Å². The fourth-order valence-electron chi connectivity index (χ4n) is 2.18. The molecule has 1 atom stereocenters. The minimum atomic E-state index is -0.466. The van der Waals surface area contributed by atoms with Crippen molar-refractivity contribution in [2.45, 2.75) is 58.2 Å². The normalized spacial score (nSPS) is 20.8. The third kappa shape index (κ3) is 2.64. The van der Waals surface area contributed by atoms with Crippen LogP contribution in [-0.2, 0) is 14.3 Å². The molecule has 0 spiro atoms. The molecule has 0 N–H and O–H groups in total. The lowest BCUT2D eigenvalue weighted by Crippen LogP contribution is -2.45. The molecule has 1 aliphatic heterocycles. The van der Waals surface area contributed by atoms with E-state index in [0.29, 0.717) is 5.57 Å². The topological polar surface area (TPSA) is 35.5 Å². The lowest BCUT2D eigenvalue weighted by molar-refractivity contribution is -0.171. The van der Waals surface area contributed by atoms with Crippen LogP contribution in [-0.4, -0.2) is 24.3 Å². The Morgan fingerprint density at radius 2 is 2.12 bits per heavy atom. The van der Waals surface area contributed by atoms with Crippen molar-refractivity contribution in [2.75, 3.05) is 6.61 Å². The first kappa shape index (κ1) is 13.2. The van der Waals surface area contributed by atoms with E-state index in [9.17, 15) is 4.79 Å². The summed E-state index contributed by atoms with van der Waals surface area (Å²) in [7, 11) is 0. The SMILES string of the molecule is C=C(C)C(=O)OC(CC)(CC)C1CCCO1. The summed E-state index contributed by atoms with van der Waals surface area (Å²) >= 11 is 0. The van der Waals surface area contributed by atoms with E-state index < -0.39 is 5.60 Å². The van der Waals surface area contributed by atoms with Crippen LogP contribution >= 0.6 is 0 Å². The summed E-state index contributed by atoms with van der Waals surface area (Å²) in [5.74, 6) is -0.306. The number of carbonyl (C=O) groups is 1. The third-order valence-corrected chi connectivity index (χ3v) is 3.36. The molecule has 92 valence electrons. The van der Waals surface area contributed by atoms with Crippen LogP contribution in [0.4, 0.5) is 0 Å². The predicted molar refractivity (Wildman–Crippen MR) is 63.2 cm³/mol. The molecule has 16 heavy (non-hydrogen) atoms. The Bertz CT molecular complexity index is 260. The number of rotatable bonds is 5. The largest absolute Gasteiger partial charge is 0.453 e. The van der Waals surface area contributed by atoms with Gasteiger partial charge in [0.2, 0.25) is 0 Å². The van der Waals surface area contributed by atoms with Crippen LogP contribution in [0.3, 0.4) is 0 Å². The molecule has 1 heterocycles. The second-order valence-corrected chi connectivity index (χ2v) is 4.44. The molecule has 3 nitrogen and oxygen atoms in total. The molecule has 1 saturated heterocycles. The average molecular weight is 226 g/mol. The number of hydrogen-bond acceptors (Lipinski definition) is 3. The molecule has 3 heteroatoms. The van der Waals surface area contributed by atoms with E-state index in [4.69, 9.17) is 9.47 Å². The molecule has 0 aliphatic carbocycles. The van der Waals surface area contributed by atoms with Crippen molar-refractivity contribution < 1.29 is 14.3 Å². The summed E-state index contributed by atoms with van der Waals surface area (Å²) in [4.78, 5) is 11.7. The highest BCUT2D eigenvalue weighted by molar-refractivity contribution is 5.87. The van der Waals surface area contributed by atoms with E-state index in [2.05, 4.69) is 6.58 Å². The Kier molecular flexibility index (Phi) is 4.54. The zero-order chi connectivity index (χ0) is 12.2. The Morgan fingerprint density at radius 3 is 2.50 bits per heavy atom. The van der Waals surface area contributed by atoms with E-state index in [-0.39, 0.29) is 12.1 Å². The molecule has 1 aliphatic rings. The quantitative estimate of drug-likeness (QED) is 0.534. The third-order valence-electron chi connectivity index (χ3n) is 3.36. The van der Waals surface area contributed by atoms with E-state index in [0.717, 1.165) is 32.3 Å². The summed E-state index contributed by atoms with van der Waals surface area (Å²) in [6, 6.07) is 0. The van der Waals surface area contributed by atoms with Gasteiger partial charge in [-0.25, -0.2) is 4.79 Å². The molecule has 1 fully saturated rings. The molecule has 0 radical (unpaired) electrons. The highest BCUT2D eigenvalue weighted by atomic mass is 16.6. The van der Waals surface area contributed by atoms with Gasteiger partial charge >= 0.3 is 5.97 Å². The molecule has 0 aromatic heterocycles. The predicted octanol–water partition coefficient (Wildman–Crippen LogP) is 2.84. The van der Waals surface area contributed by atoms with Crippen LogP contribution < -0.4 is 0 Å². The van der Waals surface area contributed by atoms with Crippen LogP contribution in [0.5, 0.6) is 0 Å². The van der Waals surface area contributed by atoms with Gasteiger partial charge in [-0.15, -0.1) is 0 Å². The molecule has 0 aromatic carbocycles. The summed E-state index contributed by atoms with van der Waals surface area (Å²) in [6.07, 6.45) is 3.65. The standard InChI is InChI=1S/C13H22O3/c1-5-13(6-2,11-8-7-9-15-11)16-12(14)10(3)4/h11H,3,5-9H2,1-2,4H3. The van der Waals surface area contributed by atoms with Crippen LogP contribution in [0.1, 0.15) is 46.5 Å². The summed E-state index contributed by atoms with van der Waals surface area (Å²) in [6.45, 7) is 10.1. The fourth-order valence-corrected chi connectivity index (χ4v) is 2.18. The van der Waals surface area contributed by atoms with Crippen LogP contribution in [0.25, 0.3) is 0 Å². The number of carbonyl (C=O) groups excluding carboxylic acids is 1. The zero-order valence-corrected chi connectivity index (χ0v) is 10.5. The number of ether oxygens (including phenoxy) is 2. The highest BCUT2D eigenvalue weighted by Gasteiger charge is 2.42. The van der Waals surface area contributed by atoms with Gasteiger partial charge in [-0.05, 0) is 32.6 Å². The van der Waals surface area contributed by atoms with Gasteiger partial charge in [0.15, 0.2) is 0 Å². The maximum atomic E-state index is 11.7. The number of esters is 1. The lowest BCUT2D eigenvalue weighted by atomic mass is 9.88. The molecule has 1 rings (SSSR count). The van der Waals surface area contributed by atoms with E-state index in [1.54, 1.807) is 6.92 Å². The minimum absolute atomic E-state index is 0.0470. The van der Waals surface area contributed by atoms with Gasteiger partial charge in [-0.3, -0.25) is 0 Å². The van der Waals surface area contributed by atoms with Gasteiger partial charge < -0.3 is 9.47 Å². The van der Waals surface area contributed by atoms with Crippen molar-refractivity contribution in [1.82, 2.24) is 0 Å². The summed E-state index contributed by atoms with van der Waals surface area (Å²) in [5.41, 5.74) is -0.0173. The minimum Gasteiger partial charge on any atom is -0.453 e. The van der Waals surface area contributed by atoms with E-state index in [1.807, 2.05) is 13.8 Å². The maximum Gasteiger partial charge on any atom is 0.333 e. The first-order valence-corrected chi connectivity index (χ1v) is 6.06. The van der Waals surface area contributed by atoms with Crippen LogP contribution in [0.15, 0.2) is 12.2 Å². The molecular weight excluding hydrogens is 204 g/mol. The first-order chi connectivity index (χ1) is 7.55. The first-order valence-electron chi connectivity index (χ1n) is 6.06. The molecule has 0 saturated carbocycles. The average Bonchev–Trinajstić information content (AvgIpc) is 2.79. The molecule has 1 unspecified atom stereocenters. The molecule has 0 aromatic rings. The zero-order valence-electron chi connectivity index (χ0n) is 10.5. The molecule has 0 bridgehead atoms. The Hall–Kier alpha value is -0.830. The van der Waals surface area contributed by atoms with Crippen LogP contribution in [0, 0.1) is 0 Å². The summed E-state index contributed by atoms with van der Waals surface area (Å²) in [5, 5.41) is 0. The van der Waals surface area contributed by atoms with Crippen molar-refractivity contribution in [2.24, 2.45) is 0 Å². The fraction of sp³-hybridized carbons (Fsp3) is 0.769. The molecule has 0 amide bonds. The Balaban J connectivity index is 2.78. The van der Waals surface area contributed by atoms with Gasteiger partial charge in [0, 0.05) is 12.2 Å². The second kappa shape index (κ2) is 5.48. The Morgan fingerprint density at radius 1 is 1.50 bits per heavy atom. The Labute approximate surface area is 97.8 Å². The number of hydrogen-bond donors (Lipinski definition) is 0. The van der Waals surface area contributed by atoms with Crippen molar-refractivity contribution in [3.05, 3.63) is 12.2 Å². The van der Waals surface area contributed by atoms with Gasteiger partial charge in [0.25, 0.3) is 0 Å². The van der Waals surface area contributed by atoms with Gasteiger partial charge in [0.1, 0.15) is 5.60 Å². The van der Waals surface area contributed by atoms with Crippen LogP contribution in [0.2, 0.25) is 0 Å². The van der Waals surface area contributed by atoms with Crippen molar-refractivity contribution >= 4 is 5.97 Å². The van der Waals surface area contributed by atoms with Gasteiger partial charge in [0.05, 0.1) is 6.10 Å². The lowest BCUT2D eigenvalue weighted by Gasteiger charge is -2.36. The van der Waals surface area contributed by atoms with Crippen molar-refractivity contribution in [1.29, 1.82) is 0 Å². The smallest absolute Gasteiger partial charge is 0.333 e.